The van der Waals surface area contributed by atoms with Crippen molar-refractivity contribution in [2.24, 2.45) is 0 Å². The lowest BCUT2D eigenvalue weighted by Gasteiger charge is -2.15. The smallest absolute Gasteiger partial charge is 0.200 e. The number of methoxy groups -OCH3 is 2. The third kappa shape index (κ3) is 3.74. The summed E-state index contributed by atoms with van der Waals surface area (Å²) in [7, 11) is 3.10. The van der Waals surface area contributed by atoms with Gasteiger partial charge in [0.1, 0.15) is 11.5 Å². The molecule has 0 aliphatic rings. The van der Waals surface area contributed by atoms with Crippen molar-refractivity contribution in [2.75, 3.05) is 14.2 Å². The van der Waals surface area contributed by atoms with Gasteiger partial charge in [0.25, 0.3) is 0 Å². The van der Waals surface area contributed by atoms with Gasteiger partial charge in [-0.05, 0) is 55.1 Å². The van der Waals surface area contributed by atoms with E-state index in [4.69, 9.17) is 9.47 Å². The van der Waals surface area contributed by atoms with Crippen molar-refractivity contribution in [3.63, 3.8) is 0 Å². The number of halogens is 4. The van der Waals surface area contributed by atoms with Gasteiger partial charge in [0, 0.05) is 10.7 Å². The lowest BCUT2D eigenvalue weighted by atomic mass is 9.99. The van der Waals surface area contributed by atoms with E-state index in [-0.39, 0.29) is 5.78 Å². The van der Waals surface area contributed by atoms with Crippen LogP contribution in [-0.4, -0.2) is 20.0 Å². The van der Waals surface area contributed by atoms with Crippen LogP contribution in [0.25, 0.3) is 0 Å². The Morgan fingerprint density at radius 3 is 1.50 bits per heavy atom. The zero-order chi connectivity index (χ0) is 17.9. The molecule has 7 heteroatoms. The number of alkyl halides is 2. The first-order chi connectivity index (χ1) is 11.5. The van der Waals surface area contributed by atoms with Crippen LogP contribution in [0.4, 0.5) is 0 Å². The van der Waals surface area contributed by atoms with E-state index in [0.29, 0.717) is 33.3 Å². The van der Waals surface area contributed by atoms with Crippen LogP contribution >= 0.6 is 63.7 Å². The van der Waals surface area contributed by atoms with E-state index >= 15 is 0 Å². The summed E-state index contributed by atoms with van der Waals surface area (Å²) >= 11 is 13.9. The number of ketones is 1. The summed E-state index contributed by atoms with van der Waals surface area (Å²) in [5.41, 5.74) is 2.97. The normalized spacial score (nSPS) is 10.6. The Balaban J connectivity index is 2.62. The Hall–Kier alpha value is -0.370. The molecule has 0 bridgehead atoms. The highest BCUT2D eigenvalue weighted by Crippen LogP contribution is 2.38. The Morgan fingerprint density at radius 2 is 1.21 bits per heavy atom. The first-order valence-electron chi connectivity index (χ1n) is 6.87. The van der Waals surface area contributed by atoms with E-state index in [1.807, 2.05) is 12.1 Å². The monoisotopic (exact) mass is 582 g/mol. The topological polar surface area (TPSA) is 35.5 Å². The fraction of sp³-hybridized carbons (Fsp3) is 0.235. The Kier molecular flexibility index (Phi) is 7.34. The van der Waals surface area contributed by atoms with Crippen molar-refractivity contribution in [3.05, 3.63) is 55.5 Å². The molecule has 0 saturated carbocycles. The molecule has 0 fully saturated rings. The third-order valence-electron chi connectivity index (χ3n) is 3.54. The number of carbonyl (C=O) groups excluding carboxylic acids is 1. The van der Waals surface area contributed by atoms with Crippen molar-refractivity contribution in [1.82, 2.24) is 0 Å². The Bertz CT molecular complexity index is 711. The van der Waals surface area contributed by atoms with E-state index < -0.39 is 0 Å². The molecular weight excluding hydrogens is 572 g/mol. The molecule has 0 heterocycles. The largest absolute Gasteiger partial charge is 0.495 e. The molecule has 0 aliphatic carbocycles. The average Bonchev–Trinajstić information content (AvgIpc) is 2.60. The van der Waals surface area contributed by atoms with Crippen molar-refractivity contribution in [1.29, 1.82) is 0 Å². The minimum absolute atomic E-state index is 0.160. The van der Waals surface area contributed by atoms with Gasteiger partial charge in [-0.3, -0.25) is 4.79 Å². The van der Waals surface area contributed by atoms with Crippen molar-refractivity contribution in [2.45, 2.75) is 10.7 Å². The van der Waals surface area contributed by atoms with Gasteiger partial charge < -0.3 is 9.47 Å². The van der Waals surface area contributed by atoms with Crippen molar-refractivity contribution >= 4 is 69.5 Å². The second-order valence-electron chi connectivity index (χ2n) is 4.84. The molecule has 0 spiro atoms. The summed E-state index contributed by atoms with van der Waals surface area (Å²) < 4.78 is 12.5. The highest BCUT2D eigenvalue weighted by Gasteiger charge is 2.23. The SMILES string of the molecule is COc1c(C(=O)c2ccc(CBr)c(Br)c2OC)ccc(CBr)c1Br. The number of ether oxygens (including phenoxy) is 2. The van der Waals surface area contributed by atoms with Crippen molar-refractivity contribution in [3.8, 4) is 11.5 Å². The average molecular weight is 586 g/mol. The molecule has 0 N–H and O–H groups in total. The van der Waals surface area contributed by atoms with Crippen LogP contribution in [-0.2, 0) is 10.7 Å². The second-order valence-corrected chi connectivity index (χ2v) is 7.54. The van der Waals surface area contributed by atoms with E-state index in [0.717, 1.165) is 20.1 Å². The quantitative estimate of drug-likeness (QED) is 0.297. The first kappa shape index (κ1) is 19.9. The van der Waals surface area contributed by atoms with Gasteiger partial charge >= 0.3 is 0 Å². The lowest BCUT2D eigenvalue weighted by molar-refractivity contribution is 0.103. The molecule has 3 nitrogen and oxygen atoms in total. The molecule has 0 aromatic heterocycles. The molecule has 2 aromatic rings. The van der Waals surface area contributed by atoms with Gasteiger partial charge in [-0.2, -0.15) is 0 Å². The van der Waals surface area contributed by atoms with Crippen LogP contribution in [0.15, 0.2) is 33.2 Å². The van der Waals surface area contributed by atoms with Gasteiger partial charge in [-0.15, -0.1) is 0 Å². The highest BCUT2D eigenvalue weighted by atomic mass is 79.9. The first-order valence-corrected chi connectivity index (χ1v) is 10.7. The summed E-state index contributed by atoms with van der Waals surface area (Å²) in [6.07, 6.45) is 0. The Morgan fingerprint density at radius 1 is 0.833 bits per heavy atom. The fourth-order valence-electron chi connectivity index (χ4n) is 2.30. The van der Waals surface area contributed by atoms with Gasteiger partial charge in [0.05, 0.1) is 34.3 Å². The molecule has 2 aromatic carbocycles. The van der Waals surface area contributed by atoms with E-state index in [9.17, 15) is 4.79 Å². The maximum Gasteiger partial charge on any atom is 0.200 e. The maximum absolute atomic E-state index is 13.1. The molecule has 0 amide bonds. The predicted molar refractivity (Wildman–Crippen MR) is 110 cm³/mol. The van der Waals surface area contributed by atoms with Crippen molar-refractivity contribution < 1.29 is 14.3 Å². The van der Waals surface area contributed by atoms with E-state index in [2.05, 4.69) is 63.7 Å². The van der Waals surface area contributed by atoms with E-state index in [1.165, 1.54) is 0 Å². The van der Waals surface area contributed by atoms with Crippen LogP contribution in [0.5, 0.6) is 11.5 Å². The Labute approximate surface area is 174 Å². The van der Waals surface area contributed by atoms with Crippen LogP contribution in [0.2, 0.25) is 0 Å². The standard InChI is InChI=1S/C17H14Br4O3/c1-23-16-11(5-3-9(7-18)13(16)20)15(22)12-6-4-10(8-19)14(21)17(12)24-2/h3-6H,7-8H2,1-2H3. The molecule has 128 valence electrons. The lowest BCUT2D eigenvalue weighted by Crippen LogP contribution is -2.08. The molecule has 0 saturated heterocycles. The number of carbonyl (C=O) groups is 1. The van der Waals surface area contributed by atoms with E-state index in [1.54, 1.807) is 26.4 Å². The molecule has 2 rings (SSSR count). The van der Waals surface area contributed by atoms with Crippen LogP contribution in [0.3, 0.4) is 0 Å². The minimum atomic E-state index is -0.160. The van der Waals surface area contributed by atoms with Crippen LogP contribution in [0.1, 0.15) is 27.0 Å². The molecule has 24 heavy (non-hydrogen) atoms. The third-order valence-corrected chi connectivity index (χ3v) is 6.49. The van der Waals surface area contributed by atoms with Gasteiger partial charge in [-0.25, -0.2) is 0 Å². The summed E-state index contributed by atoms with van der Waals surface area (Å²) in [5, 5.41) is 1.32. The zero-order valence-electron chi connectivity index (χ0n) is 13.0. The van der Waals surface area contributed by atoms with Crippen LogP contribution < -0.4 is 9.47 Å². The summed E-state index contributed by atoms with van der Waals surface area (Å²) in [4.78, 5) is 13.1. The van der Waals surface area contributed by atoms with Gasteiger partial charge in [0.2, 0.25) is 5.78 Å². The molecule has 0 atom stereocenters. The second kappa shape index (κ2) is 8.83. The number of hydrogen-bond acceptors (Lipinski definition) is 3. The molecule has 0 radical (unpaired) electrons. The maximum atomic E-state index is 13.1. The van der Waals surface area contributed by atoms with Gasteiger partial charge in [0.15, 0.2) is 0 Å². The molecular formula is C17H14Br4O3. The van der Waals surface area contributed by atoms with Gasteiger partial charge in [-0.1, -0.05) is 44.0 Å². The molecule has 0 unspecified atom stereocenters. The summed E-state index contributed by atoms with van der Waals surface area (Å²) in [5.74, 6) is 0.867. The summed E-state index contributed by atoms with van der Waals surface area (Å²) in [6, 6.07) is 7.33. The number of hydrogen-bond donors (Lipinski definition) is 0. The minimum Gasteiger partial charge on any atom is -0.495 e. The van der Waals surface area contributed by atoms with Crippen LogP contribution in [0, 0.1) is 0 Å². The predicted octanol–water partition coefficient (Wildman–Crippen LogP) is 6.25. The molecule has 0 aliphatic heterocycles. The zero-order valence-corrected chi connectivity index (χ0v) is 19.3. The fourth-order valence-corrected chi connectivity index (χ4v) is 5.28. The summed E-state index contributed by atoms with van der Waals surface area (Å²) in [6.45, 7) is 0. The number of benzene rings is 2. The highest BCUT2D eigenvalue weighted by molar-refractivity contribution is 9.11. The number of rotatable bonds is 6.